The monoisotopic (exact) mass is 242 g/mol. The van der Waals surface area contributed by atoms with Crippen molar-refractivity contribution in [1.82, 2.24) is 9.80 Å². The molecule has 6 heteroatoms. The zero-order valence-corrected chi connectivity index (χ0v) is 10.0. The molecule has 17 heavy (non-hydrogen) atoms. The van der Waals surface area contributed by atoms with Gasteiger partial charge in [-0.1, -0.05) is 6.58 Å². The Labute approximate surface area is 100 Å². The van der Waals surface area contributed by atoms with Crippen LogP contribution in [0.5, 0.6) is 0 Å². The molecular formula is C11H18N2O4. The largest absolute Gasteiger partial charge is 0.465 e. The molecule has 0 bridgehead atoms. The number of ether oxygens (including phenoxy) is 1. The molecule has 1 saturated heterocycles. The average molecular weight is 242 g/mol. The molecular weight excluding hydrogens is 224 g/mol. The Morgan fingerprint density at radius 2 is 1.88 bits per heavy atom. The van der Waals surface area contributed by atoms with Crippen LogP contribution in [0.25, 0.3) is 0 Å². The van der Waals surface area contributed by atoms with Crippen molar-refractivity contribution in [2.45, 2.75) is 6.92 Å². The lowest BCUT2D eigenvalue weighted by Gasteiger charge is -2.33. The van der Waals surface area contributed by atoms with E-state index in [2.05, 4.69) is 6.58 Å². The Kier molecular flexibility index (Phi) is 4.96. The number of hydrogen-bond acceptors (Lipinski definition) is 4. The molecule has 0 atom stereocenters. The van der Waals surface area contributed by atoms with E-state index in [4.69, 9.17) is 9.84 Å². The predicted octanol–water partition coefficient (Wildman–Crippen LogP) is 0.401. The van der Waals surface area contributed by atoms with Gasteiger partial charge >= 0.3 is 12.1 Å². The maximum Gasteiger partial charge on any atom is 0.407 e. The maximum atomic E-state index is 11.3. The Hall–Kier alpha value is -1.56. The molecule has 0 saturated carbocycles. The summed E-state index contributed by atoms with van der Waals surface area (Å²) in [6, 6.07) is 0. The maximum absolute atomic E-state index is 11.3. The summed E-state index contributed by atoms with van der Waals surface area (Å²) in [6.07, 6.45) is -0.895. The van der Waals surface area contributed by atoms with Gasteiger partial charge in [0.25, 0.3) is 0 Å². The first kappa shape index (κ1) is 13.5. The molecule has 0 aliphatic carbocycles. The lowest BCUT2D eigenvalue weighted by atomic mass is 10.2. The fourth-order valence-electron chi connectivity index (χ4n) is 1.66. The van der Waals surface area contributed by atoms with Crippen LogP contribution in [-0.4, -0.2) is 66.3 Å². The van der Waals surface area contributed by atoms with Gasteiger partial charge in [-0.3, -0.25) is 4.90 Å². The van der Waals surface area contributed by atoms with E-state index >= 15 is 0 Å². The molecule has 1 aliphatic rings. The highest BCUT2D eigenvalue weighted by atomic mass is 16.5. The van der Waals surface area contributed by atoms with Crippen LogP contribution < -0.4 is 0 Å². The first-order valence-corrected chi connectivity index (χ1v) is 5.59. The Morgan fingerprint density at radius 1 is 1.29 bits per heavy atom. The third-order valence-corrected chi connectivity index (χ3v) is 2.62. The topological polar surface area (TPSA) is 70.1 Å². The number of carbonyl (C=O) groups is 2. The number of esters is 1. The fourth-order valence-corrected chi connectivity index (χ4v) is 1.66. The predicted molar refractivity (Wildman–Crippen MR) is 61.8 cm³/mol. The number of piperazine rings is 1. The molecule has 1 aliphatic heterocycles. The van der Waals surface area contributed by atoms with Crippen LogP contribution in [0.4, 0.5) is 4.79 Å². The van der Waals surface area contributed by atoms with E-state index in [0.29, 0.717) is 44.9 Å². The molecule has 1 rings (SSSR count). The molecule has 1 amide bonds. The summed E-state index contributed by atoms with van der Waals surface area (Å²) in [6.45, 7) is 8.36. The summed E-state index contributed by atoms with van der Waals surface area (Å²) in [5, 5.41) is 8.78. The molecule has 0 unspecified atom stereocenters. The minimum absolute atomic E-state index is 0.338. The van der Waals surface area contributed by atoms with E-state index in [1.54, 1.807) is 6.92 Å². The van der Waals surface area contributed by atoms with Crippen molar-refractivity contribution in [3.8, 4) is 0 Å². The van der Waals surface area contributed by atoms with Crippen LogP contribution in [0, 0.1) is 0 Å². The van der Waals surface area contributed by atoms with E-state index in [9.17, 15) is 9.59 Å². The second kappa shape index (κ2) is 6.24. The summed E-state index contributed by atoms with van der Waals surface area (Å²) in [7, 11) is 0. The second-order valence-corrected chi connectivity index (χ2v) is 3.87. The molecule has 0 aromatic carbocycles. The quantitative estimate of drug-likeness (QED) is 0.571. The number of carbonyl (C=O) groups excluding carboxylic acids is 1. The van der Waals surface area contributed by atoms with Crippen LogP contribution in [0.3, 0.4) is 0 Å². The molecule has 0 spiro atoms. The summed E-state index contributed by atoms with van der Waals surface area (Å²) in [5.41, 5.74) is 0.413. The standard InChI is InChI=1S/C11H18N2O4/c1-3-17-10(14)9(2)8-12-4-6-13(7-5-12)11(15)16/h2-8H2,1H3,(H,15,16). The van der Waals surface area contributed by atoms with Gasteiger partial charge in [-0.05, 0) is 6.92 Å². The molecule has 1 fully saturated rings. The molecule has 6 nitrogen and oxygen atoms in total. The summed E-state index contributed by atoms with van der Waals surface area (Å²) in [5.74, 6) is -0.381. The SMILES string of the molecule is C=C(CN1CCN(C(=O)O)CC1)C(=O)OCC. The van der Waals surface area contributed by atoms with Crippen LogP contribution in [0.15, 0.2) is 12.2 Å². The van der Waals surface area contributed by atoms with Crippen LogP contribution in [0.1, 0.15) is 6.92 Å². The molecule has 1 N–H and O–H groups in total. The van der Waals surface area contributed by atoms with Crippen LogP contribution in [-0.2, 0) is 9.53 Å². The number of amides is 1. The lowest BCUT2D eigenvalue weighted by molar-refractivity contribution is -0.138. The highest BCUT2D eigenvalue weighted by molar-refractivity contribution is 5.88. The van der Waals surface area contributed by atoms with Gasteiger partial charge in [-0.25, -0.2) is 9.59 Å². The third-order valence-electron chi connectivity index (χ3n) is 2.62. The van der Waals surface area contributed by atoms with Gasteiger partial charge in [0.1, 0.15) is 0 Å². The van der Waals surface area contributed by atoms with E-state index in [-0.39, 0.29) is 5.97 Å². The molecule has 0 aromatic rings. The van der Waals surface area contributed by atoms with Gasteiger partial charge in [-0.15, -0.1) is 0 Å². The average Bonchev–Trinajstić information content (AvgIpc) is 2.30. The number of rotatable bonds is 4. The zero-order valence-electron chi connectivity index (χ0n) is 10.0. The van der Waals surface area contributed by atoms with Crippen molar-refractivity contribution in [2.24, 2.45) is 0 Å². The number of hydrogen-bond donors (Lipinski definition) is 1. The molecule has 0 radical (unpaired) electrons. The fraction of sp³-hybridized carbons (Fsp3) is 0.636. The second-order valence-electron chi connectivity index (χ2n) is 3.87. The normalized spacial score (nSPS) is 16.6. The minimum atomic E-state index is -0.895. The van der Waals surface area contributed by atoms with Crippen molar-refractivity contribution in [3.63, 3.8) is 0 Å². The van der Waals surface area contributed by atoms with Crippen molar-refractivity contribution in [2.75, 3.05) is 39.3 Å². The number of nitrogens with zero attached hydrogens (tertiary/aromatic N) is 2. The number of carboxylic acid groups (broad SMARTS) is 1. The smallest absolute Gasteiger partial charge is 0.407 e. The lowest BCUT2D eigenvalue weighted by Crippen LogP contribution is -2.48. The highest BCUT2D eigenvalue weighted by Gasteiger charge is 2.21. The van der Waals surface area contributed by atoms with E-state index < -0.39 is 6.09 Å². The van der Waals surface area contributed by atoms with Crippen molar-refractivity contribution in [1.29, 1.82) is 0 Å². The zero-order chi connectivity index (χ0) is 12.8. The van der Waals surface area contributed by atoms with Crippen LogP contribution >= 0.6 is 0 Å². The van der Waals surface area contributed by atoms with Crippen molar-refractivity contribution in [3.05, 3.63) is 12.2 Å². The van der Waals surface area contributed by atoms with Gasteiger partial charge in [0.05, 0.1) is 6.61 Å². The van der Waals surface area contributed by atoms with E-state index in [1.165, 1.54) is 4.90 Å². The molecule has 96 valence electrons. The highest BCUT2D eigenvalue weighted by Crippen LogP contribution is 2.05. The first-order chi connectivity index (χ1) is 8.04. The Bertz CT molecular complexity index is 309. The van der Waals surface area contributed by atoms with E-state index in [1.807, 2.05) is 4.90 Å². The minimum Gasteiger partial charge on any atom is -0.465 e. The molecule has 1 heterocycles. The van der Waals surface area contributed by atoms with Gasteiger partial charge < -0.3 is 14.7 Å². The van der Waals surface area contributed by atoms with Gasteiger partial charge in [0, 0.05) is 38.3 Å². The Morgan fingerprint density at radius 3 is 2.35 bits per heavy atom. The third kappa shape index (κ3) is 4.07. The van der Waals surface area contributed by atoms with Gasteiger partial charge in [-0.2, -0.15) is 0 Å². The summed E-state index contributed by atoms with van der Waals surface area (Å²) < 4.78 is 4.83. The van der Waals surface area contributed by atoms with Crippen molar-refractivity contribution < 1.29 is 19.4 Å². The van der Waals surface area contributed by atoms with Crippen LogP contribution in [0.2, 0.25) is 0 Å². The Balaban J connectivity index is 2.33. The van der Waals surface area contributed by atoms with Gasteiger partial charge in [0.15, 0.2) is 0 Å². The molecule has 0 aromatic heterocycles. The summed E-state index contributed by atoms with van der Waals surface area (Å²) in [4.78, 5) is 25.4. The summed E-state index contributed by atoms with van der Waals surface area (Å²) >= 11 is 0. The van der Waals surface area contributed by atoms with E-state index in [0.717, 1.165) is 0 Å². The van der Waals surface area contributed by atoms with Gasteiger partial charge in [0.2, 0.25) is 0 Å². The van der Waals surface area contributed by atoms with Crippen molar-refractivity contribution >= 4 is 12.1 Å². The first-order valence-electron chi connectivity index (χ1n) is 5.59.